The van der Waals surface area contributed by atoms with Gasteiger partial charge in [0, 0.05) is 5.39 Å². The lowest BCUT2D eigenvalue weighted by Gasteiger charge is -2.13. The Morgan fingerprint density at radius 1 is 0.885 bits per heavy atom. The van der Waals surface area contributed by atoms with Gasteiger partial charge in [-0.2, -0.15) is 0 Å². The number of hydrogen-bond donors (Lipinski definition) is 1. The van der Waals surface area contributed by atoms with Crippen molar-refractivity contribution in [2.75, 3.05) is 6.61 Å². The van der Waals surface area contributed by atoms with Crippen LogP contribution in [0.2, 0.25) is 0 Å². The Kier molecular flexibility index (Phi) is 4.05. The van der Waals surface area contributed by atoms with Crippen molar-refractivity contribution in [3.8, 4) is 16.9 Å². The first-order chi connectivity index (χ1) is 12.7. The zero-order chi connectivity index (χ0) is 18.1. The number of carbonyl (C=O) groups excluding carboxylic acids is 1. The van der Waals surface area contributed by atoms with Gasteiger partial charge in [0.15, 0.2) is 0 Å². The molecule has 0 atom stereocenters. The zero-order valence-electron chi connectivity index (χ0n) is 14.4. The highest BCUT2D eigenvalue weighted by atomic mass is 16.5. The van der Waals surface area contributed by atoms with Gasteiger partial charge in [0.1, 0.15) is 11.3 Å². The second-order valence-electron chi connectivity index (χ2n) is 6.15. The monoisotopic (exact) mass is 342 g/mol. The fourth-order valence-electron chi connectivity index (χ4n) is 3.32. The maximum Gasteiger partial charge on any atom is 0.341 e. The normalized spacial score (nSPS) is 11.0. The first-order valence-electron chi connectivity index (χ1n) is 8.60. The molecule has 3 nitrogen and oxygen atoms in total. The Balaban J connectivity index is 2.00. The average molecular weight is 342 g/mol. The highest BCUT2D eigenvalue weighted by Gasteiger charge is 2.18. The van der Waals surface area contributed by atoms with Gasteiger partial charge in [-0.25, -0.2) is 4.79 Å². The molecule has 0 bridgehead atoms. The van der Waals surface area contributed by atoms with E-state index in [2.05, 4.69) is 24.3 Å². The molecule has 0 unspecified atom stereocenters. The molecule has 0 fully saturated rings. The van der Waals surface area contributed by atoms with Gasteiger partial charge in [0.25, 0.3) is 0 Å². The minimum atomic E-state index is -0.516. The molecule has 0 saturated carbocycles. The molecule has 0 amide bonds. The molecule has 0 saturated heterocycles. The molecule has 26 heavy (non-hydrogen) atoms. The average Bonchev–Trinajstić information content (AvgIpc) is 2.68. The Labute approximate surface area is 151 Å². The van der Waals surface area contributed by atoms with E-state index < -0.39 is 5.97 Å². The molecule has 4 rings (SSSR count). The van der Waals surface area contributed by atoms with Gasteiger partial charge in [0.05, 0.1) is 6.61 Å². The van der Waals surface area contributed by atoms with Crippen LogP contribution in [0.15, 0.2) is 72.8 Å². The molecule has 0 aliphatic rings. The van der Waals surface area contributed by atoms with E-state index in [1.807, 2.05) is 42.5 Å². The third-order valence-corrected chi connectivity index (χ3v) is 4.57. The number of rotatable bonds is 3. The topological polar surface area (TPSA) is 46.5 Å². The molecule has 0 spiro atoms. The molecule has 4 aromatic rings. The third kappa shape index (κ3) is 2.68. The van der Waals surface area contributed by atoms with E-state index in [1.54, 1.807) is 13.0 Å². The van der Waals surface area contributed by atoms with Crippen molar-refractivity contribution in [1.82, 2.24) is 0 Å². The van der Waals surface area contributed by atoms with E-state index in [0.717, 1.165) is 27.3 Å². The number of phenols is 1. The first-order valence-corrected chi connectivity index (χ1v) is 8.60. The summed E-state index contributed by atoms with van der Waals surface area (Å²) in [6.07, 6.45) is 0. The summed E-state index contributed by atoms with van der Waals surface area (Å²) in [7, 11) is 0. The summed E-state index contributed by atoms with van der Waals surface area (Å²) in [6, 6.07) is 23.6. The number of fused-ring (bicyclic) bond motifs is 2. The Morgan fingerprint density at radius 2 is 1.58 bits per heavy atom. The van der Waals surface area contributed by atoms with E-state index in [4.69, 9.17) is 4.74 Å². The number of carbonyl (C=O) groups is 1. The molecule has 128 valence electrons. The predicted molar refractivity (Wildman–Crippen MR) is 105 cm³/mol. The lowest BCUT2D eigenvalue weighted by atomic mass is 9.93. The van der Waals surface area contributed by atoms with Crippen LogP contribution in [-0.2, 0) is 4.74 Å². The molecular formula is C23H18O3. The summed E-state index contributed by atoms with van der Waals surface area (Å²) in [5.41, 5.74) is 2.08. The molecule has 1 N–H and O–H groups in total. The van der Waals surface area contributed by atoms with Gasteiger partial charge in [-0.05, 0) is 46.3 Å². The van der Waals surface area contributed by atoms with Crippen molar-refractivity contribution < 1.29 is 14.6 Å². The van der Waals surface area contributed by atoms with Crippen LogP contribution in [0.3, 0.4) is 0 Å². The Bertz CT molecular complexity index is 1130. The minimum Gasteiger partial charge on any atom is -0.506 e. The van der Waals surface area contributed by atoms with E-state index >= 15 is 0 Å². The second-order valence-corrected chi connectivity index (χ2v) is 6.15. The summed E-state index contributed by atoms with van der Waals surface area (Å²) >= 11 is 0. The molecule has 0 heterocycles. The first kappa shape index (κ1) is 16.2. The number of hydrogen-bond acceptors (Lipinski definition) is 3. The van der Waals surface area contributed by atoms with Crippen LogP contribution in [0.1, 0.15) is 17.3 Å². The molecule has 0 aromatic heterocycles. The number of phenolic OH excluding ortho intramolecular Hbond substituents is 1. The van der Waals surface area contributed by atoms with Crippen LogP contribution in [0, 0.1) is 0 Å². The standard InChI is InChI=1S/C23H18O3/c1-2-26-23(25)21-14-20(18-9-5-6-10-19(18)22(21)24)17-12-11-15-7-3-4-8-16(15)13-17/h3-14,24H,2H2,1H3. The highest BCUT2D eigenvalue weighted by Crippen LogP contribution is 2.38. The molecule has 0 aliphatic carbocycles. The summed E-state index contributed by atoms with van der Waals surface area (Å²) in [4.78, 5) is 12.3. The van der Waals surface area contributed by atoms with Gasteiger partial charge in [-0.15, -0.1) is 0 Å². The number of esters is 1. The van der Waals surface area contributed by atoms with E-state index in [9.17, 15) is 9.90 Å². The molecule has 3 heteroatoms. The number of aromatic hydroxyl groups is 1. The van der Waals surface area contributed by atoms with E-state index in [1.165, 1.54) is 0 Å². The number of benzene rings is 4. The van der Waals surface area contributed by atoms with Crippen LogP contribution in [-0.4, -0.2) is 17.7 Å². The highest BCUT2D eigenvalue weighted by molar-refractivity contribution is 6.08. The van der Waals surface area contributed by atoms with Crippen molar-refractivity contribution >= 4 is 27.5 Å². The van der Waals surface area contributed by atoms with Crippen molar-refractivity contribution in [2.24, 2.45) is 0 Å². The van der Waals surface area contributed by atoms with Crippen LogP contribution < -0.4 is 0 Å². The van der Waals surface area contributed by atoms with Gasteiger partial charge in [-0.3, -0.25) is 0 Å². The van der Waals surface area contributed by atoms with Gasteiger partial charge in [-0.1, -0.05) is 60.7 Å². The van der Waals surface area contributed by atoms with Crippen molar-refractivity contribution in [3.05, 3.63) is 78.4 Å². The largest absolute Gasteiger partial charge is 0.506 e. The summed E-state index contributed by atoms with van der Waals surface area (Å²) in [6.45, 7) is 2.01. The van der Waals surface area contributed by atoms with Gasteiger partial charge >= 0.3 is 5.97 Å². The fourth-order valence-corrected chi connectivity index (χ4v) is 3.32. The quantitative estimate of drug-likeness (QED) is 0.497. The zero-order valence-corrected chi connectivity index (χ0v) is 14.4. The van der Waals surface area contributed by atoms with Crippen LogP contribution in [0.5, 0.6) is 5.75 Å². The van der Waals surface area contributed by atoms with Crippen molar-refractivity contribution in [2.45, 2.75) is 6.92 Å². The van der Waals surface area contributed by atoms with Crippen molar-refractivity contribution in [3.63, 3.8) is 0 Å². The van der Waals surface area contributed by atoms with Crippen LogP contribution >= 0.6 is 0 Å². The minimum absolute atomic E-state index is 0.0383. The fraction of sp³-hybridized carbons (Fsp3) is 0.0870. The van der Waals surface area contributed by atoms with Crippen LogP contribution in [0.25, 0.3) is 32.7 Å². The van der Waals surface area contributed by atoms with Crippen LogP contribution in [0.4, 0.5) is 0 Å². The third-order valence-electron chi connectivity index (χ3n) is 4.57. The molecular weight excluding hydrogens is 324 g/mol. The van der Waals surface area contributed by atoms with E-state index in [-0.39, 0.29) is 17.9 Å². The molecule has 4 aromatic carbocycles. The maximum absolute atomic E-state index is 12.3. The Hall–Kier alpha value is -3.33. The van der Waals surface area contributed by atoms with Gasteiger partial charge < -0.3 is 9.84 Å². The SMILES string of the molecule is CCOC(=O)c1cc(-c2ccc3ccccc3c2)c2ccccc2c1O. The lowest BCUT2D eigenvalue weighted by Crippen LogP contribution is -2.05. The number of ether oxygens (including phenoxy) is 1. The van der Waals surface area contributed by atoms with Crippen molar-refractivity contribution in [1.29, 1.82) is 0 Å². The molecule has 0 radical (unpaired) electrons. The lowest BCUT2D eigenvalue weighted by molar-refractivity contribution is 0.0523. The van der Waals surface area contributed by atoms with Gasteiger partial charge in [0.2, 0.25) is 0 Å². The smallest absolute Gasteiger partial charge is 0.341 e. The Morgan fingerprint density at radius 3 is 2.35 bits per heavy atom. The molecule has 0 aliphatic heterocycles. The second kappa shape index (κ2) is 6.52. The predicted octanol–water partition coefficient (Wildman–Crippen LogP) is 5.54. The maximum atomic E-state index is 12.3. The summed E-state index contributed by atoms with van der Waals surface area (Å²) in [5.74, 6) is -0.554. The summed E-state index contributed by atoms with van der Waals surface area (Å²) in [5, 5.41) is 14.4. The summed E-state index contributed by atoms with van der Waals surface area (Å²) < 4.78 is 5.12. The van der Waals surface area contributed by atoms with E-state index in [0.29, 0.717) is 5.39 Å².